The molecule has 1 saturated heterocycles. The molecule has 1 fully saturated rings. The fourth-order valence-electron chi connectivity index (χ4n) is 1.83. The molecule has 0 aromatic carbocycles. The van der Waals surface area contributed by atoms with E-state index < -0.39 is 12.0 Å². The average Bonchev–Trinajstić information content (AvgIpc) is 2.28. The van der Waals surface area contributed by atoms with Crippen molar-refractivity contribution in [3.8, 4) is 0 Å². The number of hydrogen-bond acceptors (Lipinski definition) is 4. The molecule has 0 aromatic heterocycles. The molecular weight excluding hydrogens is 240 g/mol. The van der Waals surface area contributed by atoms with Crippen LogP contribution in [-0.2, 0) is 9.59 Å². The van der Waals surface area contributed by atoms with Gasteiger partial charge < -0.3 is 15.7 Å². The summed E-state index contributed by atoms with van der Waals surface area (Å²) in [5, 5.41) is 9.04. The number of carbonyl (C=O) groups is 2. The van der Waals surface area contributed by atoms with Crippen molar-refractivity contribution in [1.29, 1.82) is 0 Å². The first-order valence-electron chi connectivity index (χ1n) is 5.88. The van der Waals surface area contributed by atoms with Crippen LogP contribution in [0.25, 0.3) is 0 Å². The van der Waals surface area contributed by atoms with E-state index in [-0.39, 0.29) is 11.9 Å². The van der Waals surface area contributed by atoms with E-state index in [0.717, 1.165) is 18.6 Å². The van der Waals surface area contributed by atoms with Gasteiger partial charge in [-0.2, -0.15) is 11.8 Å². The molecule has 5 nitrogen and oxygen atoms in total. The number of hydrogen-bond donors (Lipinski definition) is 2. The molecule has 0 aromatic rings. The highest BCUT2D eigenvalue weighted by molar-refractivity contribution is 7.99. The van der Waals surface area contributed by atoms with E-state index in [0.29, 0.717) is 18.7 Å². The fraction of sp³-hybridized carbons (Fsp3) is 0.818. The van der Waals surface area contributed by atoms with Gasteiger partial charge in [-0.1, -0.05) is 0 Å². The quantitative estimate of drug-likeness (QED) is 0.753. The second kappa shape index (κ2) is 6.86. The number of carboxylic acid groups (broad SMARTS) is 1. The molecule has 1 heterocycles. The summed E-state index contributed by atoms with van der Waals surface area (Å²) in [5.74, 6) is 0.355. The van der Waals surface area contributed by atoms with Crippen molar-refractivity contribution in [3.63, 3.8) is 0 Å². The number of carboxylic acids is 1. The van der Waals surface area contributed by atoms with Gasteiger partial charge in [0.2, 0.25) is 5.91 Å². The summed E-state index contributed by atoms with van der Waals surface area (Å²) in [6.07, 6.45) is 1.93. The van der Waals surface area contributed by atoms with Gasteiger partial charge in [0, 0.05) is 30.5 Å². The normalized spacial score (nSPS) is 22.2. The van der Waals surface area contributed by atoms with Crippen molar-refractivity contribution in [1.82, 2.24) is 4.90 Å². The third-order valence-electron chi connectivity index (χ3n) is 2.78. The Bertz CT molecular complexity index is 284. The number of nitrogens with zero attached hydrogens (tertiary/aromatic N) is 1. The summed E-state index contributed by atoms with van der Waals surface area (Å²) in [7, 11) is 0. The van der Waals surface area contributed by atoms with Gasteiger partial charge in [0.15, 0.2) is 0 Å². The molecule has 1 amide bonds. The van der Waals surface area contributed by atoms with Gasteiger partial charge in [-0.3, -0.25) is 4.79 Å². The van der Waals surface area contributed by atoms with Crippen molar-refractivity contribution in [2.24, 2.45) is 5.73 Å². The molecule has 1 rings (SSSR count). The Morgan fingerprint density at radius 3 is 2.88 bits per heavy atom. The molecule has 98 valence electrons. The van der Waals surface area contributed by atoms with Gasteiger partial charge in [-0.25, -0.2) is 4.79 Å². The molecule has 1 aliphatic heterocycles. The van der Waals surface area contributed by atoms with Gasteiger partial charge in [0.1, 0.15) is 6.04 Å². The van der Waals surface area contributed by atoms with Gasteiger partial charge in [-0.15, -0.1) is 0 Å². The van der Waals surface area contributed by atoms with E-state index in [2.05, 4.69) is 0 Å². The van der Waals surface area contributed by atoms with E-state index in [1.54, 1.807) is 11.8 Å². The second-order valence-electron chi connectivity index (χ2n) is 4.39. The highest BCUT2D eigenvalue weighted by Crippen LogP contribution is 2.18. The number of thioether (sulfide) groups is 1. The highest BCUT2D eigenvalue weighted by Gasteiger charge is 2.31. The molecule has 2 atom stereocenters. The Morgan fingerprint density at radius 1 is 1.59 bits per heavy atom. The maximum Gasteiger partial charge on any atom is 0.327 e. The van der Waals surface area contributed by atoms with Crippen LogP contribution in [0.5, 0.6) is 0 Å². The molecule has 2 unspecified atom stereocenters. The maximum atomic E-state index is 11.9. The van der Waals surface area contributed by atoms with Gasteiger partial charge >= 0.3 is 5.97 Å². The molecule has 0 spiro atoms. The lowest BCUT2D eigenvalue weighted by molar-refractivity contribution is -0.149. The topological polar surface area (TPSA) is 83.6 Å². The lowest BCUT2D eigenvalue weighted by Crippen LogP contribution is -2.50. The Labute approximate surface area is 106 Å². The van der Waals surface area contributed by atoms with Crippen LogP contribution in [0.2, 0.25) is 0 Å². The Balaban J connectivity index is 2.45. The van der Waals surface area contributed by atoms with Crippen LogP contribution in [0.15, 0.2) is 0 Å². The highest BCUT2D eigenvalue weighted by atomic mass is 32.2. The van der Waals surface area contributed by atoms with Crippen molar-refractivity contribution in [2.75, 3.05) is 18.1 Å². The standard InChI is InChI=1S/C11H20N2O3S/c1-8(12)3-2-4-10(14)13-5-6-17-7-9(13)11(15)16/h8-9H,2-7,12H2,1H3,(H,15,16). The summed E-state index contributed by atoms with van der Waals surface area (Å²) in [6, 6.07) is -0.563. The number of aliphatic carboxylic acids is 1. The van der Waals surface area contributed by atoms with Crippen molar-refractivity contribution in [3.05, 3.63) is 0 Å². The van der Waals surface area contributed by atoms with Crippen LogP contribution in [0.3, 0.4) is 0 Å². The van der Waals surface area contributed by atoms with E-state index in [4.69, 9.17) is 10.8 Å². The summed E-state index contributed by atoms with van der Waals surface area (Å²) in [6.45, 7) is 2.45. The zero-order chi connectivity index (χ0) is 12.8. The number of amides is 1. The monoisotopic (exact) mass is 260 g/mol. The molecule has 1 aliphatic rings. The Hall–Kier alpha value is -0.750. The summed E-state index contributed by atoms with van der Waals surface area (Å²) >= 11 is 1.59. The molecule has 0 saturated carbocycles. The summed E-state index contributed by atoms with van der Waals surface area (Å²) in [5.41, 5.74) is 5.61. The zero-order valence-electron chi connectivity index (χ0n) is 10.1. The average molecular weight is 260 g/mol. The van der Waals surface area contributed by atoms with Gasteiger partial charge in [0.25, 0.3) is 0 Å². The number of rotatable bonds is 5. The van der Waals surface area contributed by atoms with E-state index in [1.807, 2.05) is 6.92 Å². The van der Waals surface area contributed by atoms with Gasteiger partial charge in [-0.05, 0) is 19.8 Å². The molecule has 0 bridgehead atoms. The smallest absolute Gasteiger partial charge is 0.327 e. The minimum Gasteiger partial charge on any atom is -0.480 e. The first-order chi connectivity index (χ1) is 8.02. The largest absolute Gasteiger partial charge is 0.480 e. The minimum absolute atomic E-state index is 0.0571. The minimum atomic E-state index is -0.905. The van der Waals surface area contributed by atoms with E-state index in [1.165, 1.54) is 4.90 Å². The molecule has 17 heavy (non-hydrogen) atoms. The van der Waals surface area contributed by atoms with Crippen molar-refractivity contribution in [2.45, 2.75) is 38.3 Å². The van der Waals surface area contributed by atoms with Crippen molar-refractivity contribution < 1.29 is 14.7 Å². The van der Waals surface area contributed by atoms with Crippen LogP contribution in [0.4, 0.5) is 0 Å². The lowest BCUT2D eigenvalue weighted by atomic mass is 10.1. The van der Waals surface area contributed by atoms with Crippen LogP contribution >= 0.6 is 11.8 Å². The first kappa shape index (κ1) is 14.3. The Morgan fingerprint density at radius 2 is 2.29 bits per heavy atom. The maximum absolute atomic E-state index is 11.9. The predicted octanol–water partition coefficient (Wildman–Crippen LogP) is 0.532. The molecule has 3 N–H and O–H groups in total. The van der Waals surface area contributed by atoms with Crippen molar-refractivity contribution >= 4 is 23.6 Å². The van der Waals surface area contributed by atoms with Crippen LogP contribution in [0, 0.1) is 0 Å². The summed E-state index contributed by atoms with van der Waals surface area (Å²) < 4.78 is 0. The molecule has 0 aliphatic carbocycles. The SMILES string of the molecule is CC(N)CCCC(=O)N1CCSCC1C(=O)O. The van der Waals surface area contributed by atoms with Crippen LogP contribution in [-0.4, -0.2) is 52.0 Å². The third kappa shape index (κ3) is 4.55. The molecule has 6 heteroatoms. The summed E-state index contributed by atoms with van der Waals surface area (Å²) in [4.78, 5) is 24.4. The van der Waals surface area contributed by atoms with Crippen LogP contribution < -0.4 is 5.73 Å². The molecule has 0 radical (unpaired) electrons. The third-order valence-corrected chi connectivity index (χ3v) is 3.81. The predicted molar refractivity (Wildman–Crippen MR) is 68.0 cm³/mol. The number of nitrogens with two attached hydrogens (primary N) is 1. The first-order valence-corrected chi connectivity index (χ1v) is 7.03. The molecular formula is C11H20N2O3S. The van der Waals surface area contributed by atoms with Gasteiger partial charge in [0.05, 0.1) is 0 Å². The number of carbonyl (C=O) groups excluding carboxylic acids is 1. The second-order valence-corrected chi connectivity index (χ2v) is 5.54. The Kier molecular flexibility index (Phi) is 5.77. The van der Waals surface area contributed by atoms with E-state index in [9.17, 15) is 9.59 Å². The lowest BCUT2D eigenvalue weighted by Gasteiger charge is -2.32. The van der Waals surface area contributed by atoms with E-state index >= 15 is 0 Å². The van der Waals surface area contributed by atoms with Crippen LogP contribution in [0.1, 0.15) is 26.2 Å². The fourth-order valence-corrected chi connectivity index (χ4v) is 2.86. The zero-order valence-corrected chi connectivity index (χ0v) is 10.9.